The van der Waals surface area contributed by atoms with Crippen molar-refractivity contribution in [3.8, 4) is 5.75 Å². The van der Waals surface area contributed by atoms with Crippen molar-refractivity contribution in [3.63, 3.8) is 0 Å². The Balaban J connectivity index is 1.45. The average Bonchev–Trinajstić information content (AvgIpc) is 3.20. The molecule has 0 radical (unpaired) electrons. The molecule has 0 aromatic heterocycles. The fourth-order valence-corrected chi connectivity index (χ4v) is 6.18. The molecule has 194 valence electrons. The summed E-state index contributed by atoms with van der Waals surface area (Å²) in [7, 11) is 0. The summed E-state index contributed by atoms with van der Waals surface area (Å²) in [4.78, 5) is 17.6. The molecule has 2 aliphatic rings. The maximum Gasteiger partial charge on any atom is 0.323 e. The van der Waals surface area contributed by atoms with Crippen LogP contribution in [0.1, 0.15) is 37.8 Å². The number of phenols is 1. The van der Waals surface area contributed by atoms with Crippen LogP contribution < -0.4 is 15.5 Å². The number of nitrogens with zero attached hydrogens (tertiary/aromatic N) is 2. The van der Waals surface area contributed by atoms with E-state index in [0.29, 0.717) is 23.2 Å². The summed E-state index contributed by atoms with van der Waals surface area (Å²) < 4.78 is 0. The van der Waals surface area contributed by atoms with E-state index in [0.717, 1.165) is 60.7 Å². The quantitative estimate of drug-likeness (QED) is 0.336. The Kier molecular flexibility index (Phi) is 7.06. The molecule has 3 N–H and O–H groups in total. The van der Waals surface area contributed by atoms with Crippen LogP contribution in [-0.4, -0.2) is 42.2 Å². The third-order valence-corrected chi connectivity index (χ3v) is 7.87. The lowest BCUT2D eigenvalue weighted by Crippen LogP contribution is -2.45. The highest BCUT2D eigenvalue weighted by Crippen LogP contribution is 2.56. The highest BCUT2D eigenvalue weighted by atomic mass is 35.5. The topological polar surface area (TPSA) is 67.8 Å². The Bertz CT molecular complexity index is 1280. The van der Waals surface area contributed by atoms with Gasteiger partial charge in [-0.25, -0.2) is 4.79 Å². The van der Waals surface area contributed by atoms with E-state index in [1.807, 2.05) is 55.5 Å². The number of fused-ring (bicyclic) bond motifs is 2. The van der Waals surface area contributed by atoms with Crippen LogP contribution in [0.15, 0.2) is 60.7 Å². The number of carbonyl (C=O) groups is 1. The number of phenolic OH excluding ortho intramolecular Hbond substituents is 1. The van der Waals surface area contributed by atoms with E-state index in [-0.39, 0.29) is 17.2 Å². The molecule has 2 heterocycles. The number of amides is 2. The first-order chi connectivity index (χ1) is 17.8. The van der Waals surface area contributed by atoms with Gasteiger partial charge in [0.15, 0.2) is 0 Å². The molecule has 3 aromatic carbocycles. The molecule has 0 bridgehead atoms. The molecule has 37 heavy (non-hydrogen) atoms. The molecular formula is C30H35ClN4O2. The third-order valence-electron chi connectivity index (χ3n) is 7.56. The third kappa shape index (κ3) is 5.13. The van der Waals surface area contributed by atoms with Crippen LogP contribution in [0.2, 0.25) is 5.02 Å². The van der Waals surface area contributed by atoms with Gasteiger partial charge in [0, 0.05) is 34.8 Å². The first-order valence-electron chi connectivity index (χ1n) is 13.0. The number of carbonyl (C=O) groups excluding carboxylic acids is 1. The number of aryl methyl sites for hydroxylation is 1. The maximum absolute atomic E-state index is 12.9. The fraction of sp³-hybridized carbons (Fsp3) is 0.367. The molecule has 0 atom stereocenters. The molecule has 6 nitrogen and oxygen atoms in total. The van der Waals surface area contributed by atoms with Crippen LogP contribution in [0.4, 0.5) is 27.5 Å². The molecular weight excluding hydrogens is 484 g/mol. The summed E-state index contributed by atoms with van der Waals surface area (Å²) >= 11 is 6.83. The van der Waals surface area contributed by atoms with Crippen molar-refractivity contribution in [1.82, 2.24) is 4.90 Å². The van der Waals surface area contributed by atoms with E-state index in [4.69, 9.17) is 11.6 Å². The highest BCUT2D eigenvalue weighted by molar-refractivity contribution is 6.32. The van der Waals surface area contributed by atoms with Crippen molar-refractivity contribution < 1.29 is 9.90 Å². The van der Waals surface area contributed by atoms with E-state index in [9.17, 15) is 9.90 Å². The minimum atomic E-state index is -0.317. The largest absolute Gasteiger partial charge is 0.506 e. The Morgan fingerprint density at radius 2 is 1.73 bits per heavy atom. The van der Waals surface area contributed by atoms with Gasteiger partial charge in [-0.05, 0) is 75.2 Å². The molecule has 7 heteroatoms. The Labute approximate surface area is 224 Å². The lowest BCUT2D eigenvalue weighted by molar-refractivity contribution is 0.153. The van der Waals surface area contributed by atoms with Crippen LogP contribution in [0.25, 0.3) is 0 Å². The van der Waals surface area contributed by atoms with Crippen LogP contribution in [0.5, 0.6) is 5.75 Å². The monoisotopic (exact) mass is 518 g/mol. The first-order valence-corrected chi connectivity index (χ1v) is 13.4. The van der Waals surface area contributed by atoms with Crippen LogP contribution in [0, 0.1) is 12.8 Å². The Morgan fingerprint density at radius 3 is 2.43 bits per heavy atom. The zero-order chi connectivity index (χ0) is 26.2. The van der Waals surface area contributed by atoms with E-state index in [1.165, 1.54) is 0 Å². The smallest absolute Gasteiger partial charge is 0.323 e. The van der Waals surface area contributed by atoms with Crippen molar-refractivity contribution in [2.75, 3.05) is 41.7 Å². The van der Waals surface area contributed by atoms with Gasteiger partial charge in [0.05, 0.1) is 17.1 Å². The molecule has 0 saturated carbocycles. The van der Waals surface area contributed by atoms with Gasteiger partial charge in [-0.1, -0.05) is 55.3 Å². The van der Waals surface area contributed by atoms with Gasteiger partial charge < -0.3 is 25.5 Å². The van der Waals surface area contributed by atoms with Gasteiger partial charge >= 0.3 is 6.03 Å². The summed E-state index contributed by atoms with van der Waals surface area (Å²) in [5.74, 6) is 0.831. The number of hydrogen-bond acceptors (Lipinski definition) is 4. The second kappa shape index (κ2) is 10.3. The van der Waals surface area contributed by atoms with Crippen LogP contribution in [0.3, 0.4) is 0 Å². The van der Waals surface area contributed by atoms with Crippen molar-refractivity contribution in [2.24, 2.45) is 5.92 Å². The van der Waals surface area contributed by atoms with E-state index in [1.54, 1.807) is 12.1 Å². The van der Waals surface area contributed by atoms with Crippen LogP contribution in [-0.2, 0) is 5.41 Å². The Hall–Kier alpha value is -3.22. The highest BCUT2D eigenvalue weighted by Gasteiger charge is 2.48. The summed E-state index contributed by atoms with van der Waals surface area (Å²) in [6.45, 7) is 10.3. The first kappa shape index (κ1) is 25.4. The number of hydrogen-bond donors (Lipinski definition) is 3. The minimum absolute atomic E-state index is 0.157. The van der Waals surface area contributed by atoms with Crippen LogP contribution >= 0.6 is 11.6 Å². The van der Waals surface area contributed by atoms with Crippen molar-refractivity contribution in [1.29, 1.82) is 0 Å². The second-order valence-electron chi connectivity index (χ2n) is 10.8. The molecule has 5 rings (SSSR count). The number of para-hydroxylation sites is 2. The normalized spacial score (nSPS) is 16.7. The van der Waals surface area contributed by atoms with E-state index >= 15 is 0 Å². The van der Waals surface area contributed by atoms with Crippen molar-refractivity contribution in [3.05, 3.63) is 76.8 Å². The van der Waals surface area contributed by atoms with Gasteiger partial charge in [0.25, 0.3) is 0 Å². The van der Waals surface area contributed by atoms with E-state index in [2.05, 4.69) is 34.3 Å². The number of anilines is 4. The van der Waals surface area contributed by atoms with E-state index < -0.39 is 0 Å². The average molecular weight is 519 g/mol. The molecule has 1 spiro atoms. The summed E-state index contributed by atoms with van der Waals surface area (Å²) in [6.07, 6.45) is 1.94. The molecule has 0 unspecified atom stereocenters. The predicted octanol–water partition coefficient (Wildman–Crippen LogP) is 7.14. The number of piperidine rings is 1. The number of nitrogens with one attached hydrogen (secondary N) is 2. The maximum atomic E-state index is 12.9. The lowest BCUT2D eigenvalue weighted by atomic mass is 9.74. The molecule has 2 amide bonds. The molecule has 0 aliphatic carbocycles. The van der Waals surface area contributed by atoms with Gasteiger partial charge in [-0.15, -0.1) is 0 Å². The van der Waals surface area contributed by atoms with Gasteiger partial charge in [0.2, 0.25) is 0 Å². The number of urea groups is 1. The molecule has 1 fully saturated rings. The standard InChI is InChI=1S/C30H35ClN4O2/c1-20(2)18-34-16-14-30(15-17-34)19-35(28-26(36)13-12-23(31)27(28)30)25-7-5-4-6-24(25)33-29(37)32-22-10-8-21(3)9-11-22/h4-13,20,36H,14-19H2,1-3H3,(H2,32,33,37). The van der Waals surface area contributed by atoms with Crippen molar-refractivity contribution >= 4 is 40.4 Å². The lowest BCUT2D eigenvalue weighted by Gasteiger charge is -2.41. The number of likely N-dealkylation sites (tertiary alicyclic amines) is 1. The SMILES string of the molecule is Cc1ccc(NC(=O)Nc2ccccc2N2CC3(CCN(CC(C)C)CC3)c3c(Cl)ccc(O)c32)cc1. The zero-order valence-corrected chi connectivity index (χ0v) is 22.5. The Morgan fingerprint density at radius 1 is 1.03 bits per heavy atom. The summed E-state index contributed by atoms with van der Waals surface area (Å²) in [6, 6.07) is 18.6. The molecule has 2 aliphatic heterocycles. The predicted molar refractivity (Wildman–Crippen MR) is 153 cm³/mol. The number of halogens is 1. The number of benzene rings is 3. The minimum Gasteiger partial charge on any atom is -0.506 e. The second-order valence-corrected chi connectivity index (χ2v) is 11.2. The van der Waals surface area contributed by atoms with Gasteiger partial charge in [0.1, 0.15) is 5.75 Å². The van der Waals surface area contributed by atoms with Gasteiger partial charge in [-0.2, -0.15) is 0 Å². The van der Waals surface area contributed by atoms with Gasteiger partial charge in [-0.3, -0.25) is 0 Å². The zero-order valence-electron chi connectivity index (χ0n) is 21.7. The molecule has 1 saturated heterocycles. The number of rotatable bonds is 5. The number of aromatic hydroxyl groups is 1. The summed E-state index contributed by atoms with van der Waals surface area (Å²) in [5, 5.41) is 17.7. The summed E-state index contributed by atoms with van der Waals surface area (Å²) in [5.41, 5.74) is 4.98. The molecule has 3 aromatic rings. The fourth-order valence-electron chi connectivity index (χ4n) is 5.82. The van der Waals surface area contributed by atoms with Crippen molar-refractivity contribution in [2.45, 2.75) is 39.0 Å².